The fraction of sp³-hybridized carbons (Fsp3) is 0.136. The summed E-state index contributed by atoms with van der Waals surface area (Å²) in [5, 5.41) is 7.74. The highest BCUT2D eigenvalue weighted by Crippen LogP contribution is 2.27. The zero-order valence-electron chi connectivity index (χ0n) is 16.7. The van der Waals surface area contributed by atoms with E-state index in [1.54, 1.807) is 43.6 Å². The van der Waals surface area contributed by atoms with E-state index in [9.17, 15) is 13.6 Å². The Bertz CT molecular complexity index is 1270. The lowest BCUT2D eigenvalue weighted by molar-refractivity contribution is 0.0518. The Morgan fingerprint density at radius 1 is 1.13 bits per heavy atom. The Balaban J connectivity index is 1.73. The molecule has 0 saturated heterocycles. The molecule has 31 heavy (non-hydrogen) atoms. The Labute approximate surface area is 176 Å². The number of halogens is 2. The number of aryl methyl sites for hydroxylation is 1. The van der Waals surface area contributed by atoms with Crippen LogP contribution in [0.2, 0.25) is 0 Å². The van der Waals surface area contributed by atoms with Crippen molar-refractivity contribution in [3.8, 4) is 11.3 Å². The second-order valence-corrected chi connectivity index (χ2v) is 6.82. The number of hydrogen-bond acceptors (Lipinski definition) is 6. The highest BCUT2D eigenvalue weighted by molar-refractivity contribution is 6.00. The largest absolute Gasteiger partial charge is 0.371 e. The molecule has 0 bridgehead atoms. The van der Waals surface area contributed by atoms with E-state index in [2.05, 4.69) is 20.2 Å². The zero-order chi connectivity index (χ0) is 22.0. The van der Waals surface area contributed by atoms with Crippen LogP contribution >= 0.6 is 0 Å². The van der Waals surface area contributed by atoms with Crippen LogP contribution in [0, 0.1) is 6.92 Å². The summed E-state index contributed by atoms with van der Waals surface area (Å²) in [5.74, 6) is -0.850. The van der Waals surface area contributed by atoms with Gasteiger partial charge in [-0.2, -0.15) is 5.10 Å². The van der Waals surface area contributed by atoms with Crippen molar-refractivity contribution in [2.75, 3.05) is 0 Å². The standard InChI is InChI=1S/C22H17F2N5O2/c1-13-3-5-16(6-4-13)18-11-19(20(23)24)29-21(27-18)17(12-26-29)22(30)31-28-14(2)15-7-9-25-10-8-15/h3-12,20H,1-2H3/b28-14+. The summed E-state index contributed by atoms with van der Waals surface area (Å²) in [6, 6.07) is 12.0. The molecule has 0 aliphatic rings. The molecule has 0 aliphatic carbocycles. The molecular formula is C22H17F2N5O2. The first-order chi connectivity index (χ1) is 14.9. The fourth-order valence-corrected chi connectivity index (χ4v) is 2.96. The summed E-state index contributed by atoms with van der Waals surface area (Å²) >= 11 is 0. The van der Waals surface area contributed by atoms with Crippen LogP contribution < -0.4 is 0 Å². The van der Waals surface area contributed by atoms with Crippen LogP contribution in [0.25, 0.3) is 16.9 Å². The van der Waals surface area contributed by atoms with Crippen molar-refractivity contribution in [2.45, 2.75) is 20.3 Å². The Kier molecular flexibility index (Phi) is 5.48. The molecular weight excluding hydrogens is 404 g/mol. The van der Waals surface area contributed by atoms with E-state index in [1.807, 2.05) is 19.1 Å². The van der Waals surface area contributed by atoms with Gasteiger partial charge in [-0.05, 0) is 32.0 Å². The molecule has 0 fully saturated rings. The number of aromatic nitrogens is 4. The van der Waals surface area contributed by atoms with Gasteiger partial charge in [-0.1, -0.05) is 35.0 Å². The van der Waals surface area contributed by atoms with Gasteiger partial charge in [0.1, 0.15) is 11.3 Å². The lowest BCUT2D eigenvalue weighted by atomic mass is 10.1. The SMILES string of the molecule is C/C(=N\OC(=O)c1cnn2c(C(F)F)cc(-c3ccc(C)cc3)nc12)c1ccncc1. The van der Waals surface area contributed by atoms with Crippen molar-refractivity contribution in [1.29, 1.82) is 0 Å². The van der Waals surface area contributed by atoms with E-state index < -0.39 is 12.4 Å². The van der Waals surface area contributed by atoms with Gasteiger partial charge in [0, 0.05) is 23.5 Å². The lowest BCUT2D eigenvalue weighted by Gasteiger charge is -2.08. The molecule has 9 heteroatoms. The molecule has 0 aliphatic heterocycles. The second kappa shape index (κ2) is 8.39. The van der Waals surface area contributed by atoms with Crippen LogP contribution in [0.1, 0.15) is 40.5 Å². The Morgan fingerprint density at radius 3 is 2.52 bits per heavy atom. The van der Waals surface area contributed by atoms with Gasteiger partial charge in [-0.3, -0.25) is 4.98 Å². The maximum absolute atomic E-state index is 13.7. The number of carbonyl (C=O) groups is 1. The molecule has 4 rings (SSSR count). The number of fused-ring (bicyclic) bond motifs is 1. The number of hydrogen-bond donors (Lipinski definition) is 0. The molecule has 0 unspecified atom stereocenters. The zero-order valence-corrected chi connectivity index (χ0v) is 16.7. The van der Waals surface area contributed by atoms with Crippen molar-refractivity contribution >= 4 is 17.3 Å². The average molecular weight is 421 g/mol. The number of oxime groups is 1. The summed E-state index contributed by atoms with van der Waals surface area (Å²) in [4.78, 5) is 25.9. The predicted molar refractivity (Wildman–Crippen MR) is 110 cm³/mol. The molecule has 1 aromatic carbocycles. The van der Waals surface area contributed by atoms with Crippen molar-refractivity contribution in [1.82, 2.24) is 19.6 Å². The van der Waals surface area contributed by atoms with E-state index in [0.29, 0.717) is 17.0 Å². The molecule has 0 radical (unpaired) electrons. The third-order valence-corrected chi connectivity index (χ3v) is 4.65. The van der Waals surface area contributed by atoms with Crippen LogP contribution in [0.3, 0.4) is 0 Å². The molecule has 156 valence electrons. The molecule has 0 saturated carbocycles. The monoisotopic (exact) mass is 421 g/mol. The lowest BCUT2D eigenvalue weighted by Crippen LogP contribution is -2.07. The van der Waals surface area contributed by atoms with Crippen LogP contribution in [-0.4, -0.2) is 31.3 Å². The normalized spacial score (nSPS) is 11.8. The maximum atomic E-state index is 13.7. The number of alkyl halides is 2. The van der Waals surface area contributed by atoms with E-state index in [1.165, 1.54) is 6.07 Å². The highest BCUT2D eigenvalue weighted by atomic mass is 19.3. The smallest absolute Gasteiger partial charge is 0.312 e. The van der Waals surface area contributed by atoms with Crippen LogP contribution in [0.15, 0.2) is 66.2 Å². The summed E-state index contributed by atoms with van der Waals surface area (Å²) < 4.78 is 28.3. The minimum atomic E-state index is -2.81. The summed E-state index contributed by atoms with van der Waals surface area (Å²) in [6.07, 6.45) is 1.51. The third kappa shape index (κ3) is 4.16. The molecule has 3 aromatic heterocycles. The first-order valence-corrected chi connectivity index (χ1v) is 9.34. The van der Waals surface area contributed by atoms with Gasteiger partial charge in [0.25, 0.3) is 6.43 Å². The van der Waals surface area contributed by atoms with Gasteiger partial charge >= 0.3 is 5.97 Å². The number of rotatable bonds is 5. The summed E-state index contributed by atoms with van der Waals surface area (Å²) in [5.41, 5.74) is 2.66. The van der Waals surface area contributed by atoms with Crippen molar-refractivity contribution in [3.63, 3.8) is 0 Å². The minimum Gasteiger partial charge on any atom is -0.312 e. The van der Waals surface area contributed by atoms with Crippen molar-refractivity contribution in [3.05, 3.63) is 83.4 Å². The topological polar surface area (TPSA) is 81.7 Å². The van der Waals surface area contributed by atoms with Gasteiger partial charge in [-0.25, -0.2) is 23.1 Å². The van der Waals surface area contributed by atoms with Crippen LogP contribution in [-0.2, 0) is 4.84 Å². The molecule has 3 heterocycles. The molecule has 0 N–H and O–H groups in total. The average Bonchev–Trinajstić information content (AvgIpc) is 3.21. The van der Waals surface area contributed by atoms with Crippen LogP contribution in [0.4, 0.5) is 8.78 Å². The Hall–Kier alpha value is -4.01. The molecule has 0 amide bonds. The van der Waals surface area contributed by atoms with Crippen molar-refractivity contribution in [2.24, 2.45) is 5.16 Å². The van der Waals surface area contributed by atoms with E-state index in [0.717, 1.165) is 21.8 Å². The summed E-state index contributed by atoms with van der Waals surface area (Å²) in [6.45, 7) is 3.59. The molecule has 0 spiro atoms. The number of carbonyl (C=O) groups excluding carboxylic acids is 1. The van der Waals surface area contributed by atoms with Gasteiger partial charge in [0.2, 0.25) is 0 Å². The first-order valence-electron chi connectivity index (χ1n) is 9.34. The number of pyridine rings is 1. The van der Waals surface area contributed by atoms with Gasteiger partial charge in [0.15, 0.2) is 5.65 Å². The maximum Gasteiger partial charge on any atom is 0.371 e. The fourth-order valence-electron chi connectivity index (χ4n) is 2.96. The number of nitrogens with zero attached hydrogens (tertiary/aromatic N) is 5. The molecule has 0 atom stereocenters. The second-order valence-electron chi connectivity index (χ2n) is 6.82. The first kappa shape index (κ1) is 20.3. The molecule has 7 nitrogen and oxygen atoms in total. The quantitative estimate of drug-likeness (QED) is 0.267. The van der Waals surface area contributed by atoms with Gasteiger partial charge < -0.3 is 4.84 Å². The van der Waals surface area contributed by atoms with Crippen molar-refractivity contribution < 1.29 is 18.4 Å². The summed E-state index contributed by atoms with van der Waals surface area (Å²) in [7, 11) is 0. The highest BCUT2D eigenvalue weighted by Gasteiger charge is 2.22. The van der Waals surface area contributed by atoms with Crippen LogP contribution in [0.5, 0.6) is 0 Å². The van der Waals surface area contributed by atoms with E-state index in [-0.39, 0.29) is 16.9 Å². The number of benzene rings is 1. The third-order valence-electron chi connectivity index (χ3n) is 4.65. The van der Waals surface area contributed by atoms with E-state index in [4.69, 9.17) is 4.84 Å². The predicted octanol–water partition coefficient (Wildman–Crippen LogP) is 4.62. The van der Waals surface area contributed by atoms with E-state index >= 15 is 0 Å². The molecule has 4 aromatic rings. The Morgan fingerprint density at radius 2 is 1.84 bits per heavy atom. The van der Waals surface area contributed by atoms with Gasteiger partial charge in [0.05, 0.1) is 17.6 Å². The van der Waals surface area contributed by atoms with Gasteiger partial charge in [-0.15, -0.1) is 0 Å². The minimum absolute atomic E-state index is 0.0323.